The molecule has 2 amide bonds. The fraction of sp³-hybridized carbons (Fsp3) is 0.846. The first-order chi connectivity index (χ1) is 8.66. The summed E-state index contributed by atoms with van der Waals surface area (Å²) in [6.45, 7) is 3.52. The van der Waals surface area contributed by atoms with Crippen molar-refractivity contribution in [2.75, 3.05) is 19.7 Å². The van der Waals surface area contributed by atoms with Crippen molar-refractivity contribution in [3.8, 4) is 0 Å². The molecule has 2 rings (SSSR count). The molecule has 1 N–H and O–H groups in total. The standard InChI is InChI=1S/C13H22N2O3/c1-10(16)15(11-4-5-11)7-6-13(17)14-9-12-3-2-8-18-12/h11-12H,2-9H2,1H3,(H,14,17). The lowest BCUT2D eigenvalue weighted by Gasteiger charge is -2.20. The molecule has 18 heavy (non-hydrogen) atoms. The number of hydrogen-bond donors (Lipinski definition) is 1. The Morgan fingerprint density at radius 1 is 1.33 bits per heavy atom. The van der Waals surface area contributed by atoms with Crippen molar-refractivity contribution in [2.24, 2.45) is 0 Å². The van der Waals surface area contributed by atoms with Crippen LogP contribution in [0.5, 0.6) is 0 Å². The van der Waals surface area contributed by atoms with E-state index in [4.69, 9.17) is 4.74 Å². The lowest BCUT2D eigenvalue weighted by Crippen LogP contribution is -2.37. The molecule has 5 nitrogen and oxygen atoms in total. The van der Waals surface area contributed by atoms with Crippen LogP contribution in [0.15, 0.2) is 0 Å². The molecule has 0 aromatic heterocycles. The molecule has 2 fully saturated rings. The third-order valence-electron chi connectivity index (χ3n) is 3.52. The van der Waals surface area contributed by atoms with Crippen LogP contribution < -0.4 is 5.32 Å². The predicted octanol–water partition coefficient (Wildman–Crippen LogP) is 0.683. The summed E-state index contributed by atoms with van der Waals surface area (Å²) in [7, 11) is 0. The van der Waals surface area contributed by atoms with Gasteiger partial charge in [-0.25, -0.2) is 0 Å². The molecule has 2 aliphatic rings. The third kappa shape index (κ3) is 3.98. The highest BCUT2D eigenvalue weighted by atomic mass is 16.5. The SMILES string of the molecule is CC(=O)N(CCC(=O)NCC1CCCO1)C1CC1. The zero-order valence-corrected chi connectivity index (χ0v) is 11.0. The van der Waals surface area contributed by atoms with Gasteiger partial charge in [0.25, 0.3) is 0 Å². The lowest BCUT2D eigenvalue weighted by atomic mass is 10.2. The highest BCUT2D eigenvalue weighted by molar-refractivity contribution is 5.78. The van der Waals surface area contributed by atoms with Gasteiger partial charge in [0, 0.05) is 39.1 Å². The van der Waals surface area contributed by atoms with Gasteiger partial charge in [0.1, 0.15) is 0 Å². The van der Waals surface area contributed by atoms with E-state index in [-0.39, 0.29) is 17.9 Å². The predicted molar refractivity (Wildman–Crippen MR) is 67.0 cm³/mol. The van der Waals surface area contributed by atoms with Gasteiger partial charge in [-0.15, -0.1) is 0 Å². The van der Waals surface area contributed by atoms with E-state index in [9.17, 15) is 9.59 Å². The Labute approximate surface area is 108 Å². The summed E-state index contributed by atoms with van der Waals surface area (Å²) in [6, 6.07) is 0.383. The Balaban J connectivity index is 1.62. The number of nitrogens with zero attached hydrogens (tertiary/aromatic N) is 1. The molecule has 1 atom stereocenters. The van der Waals surface area contributed by atoms with E-state index in [0.29, 0.717) is 25.6 Å². The number of nitrogens with one attached hydrogen (secondary N) is 1. The monoisotopic (exact) mass is 254 g/mol. The van der Waals surface area contributed by atoms with E-state index >= 15 is 0 Å². The molecule has 0 spiro atoms. The fourth-order valence-corrected chi connectivity index (χ4v) is 2.33. The van der Waals surface area contributed by atoms with Crippen LogP contribution >= 0.6 is 0 Å². The Morgan fingerprint density at radius 3 is 2.67 bits per heavy atom. The van der Waals surface area contributed by atoms with Gasteiger partial charge >= 0.3 is 0 Å². The van der Waals surface area contributed by atoms with E-state index in [1.54, 1.807) is 6.92 Å². The van der Waals surface area contributed by atoms with Crippen LogP contribution in [0.1, 0.15) is 39.0 Å². The van der Waals surface area contributed by atoms with Gasteiger partial charge in [-0.2, -0.15) is 0 Å². The third-order valence-corrected chi connectivity index (χ3v) is 3.52. The van der Waals surface area contributed by atoms with Crippen molar-refractivity contribution < 1.29 is 14.3 Å². The van der Waals surface area contributed by atoms with Crippen molar-refractivity contribution in [1.29, 1.82) is 0 Å². The molecule has 1 saturated heterocycles. The van der Waals surface area contributed by atoms with Crippen molar-refractivity contribution in [3.05, 3.63) is 0 Å². The van der Waals surface area contributed by atoms with Gasteiger partial charge in [-0.1, -0.05) is 0 Å². The molecule has 5 heteroatoms. The van der Waals surface area contributed by atoms with Crippen molar-refractivity contribution in [1.82, 2.24) is 10.2 Å². The fourth-order valence-electron chi connectivity index (χ4n) is 2.33. The van der Waals surface area contributed by atoms with Crippen LogP contribution in [0, 0.1) is 0 Å². The highest BCUT2D eigenvalue weighted by Gasteiger charge is 2.30. The zero-order chi connectivity index (χ0) is 13.0. The van der Waals surface area contributed by atoms with Crippen molar-refractivity contribution in [3.63, 3.8) is 0 Å². The Hall–Kier alpha value is -1.10. The number of carbonyl (C=O) groups is 2. The number of hydrogen-bond acceptors (Lipinski definition) is 3. The second kappa shape index (κ2) is 6.18. The summed E-state index contributed by atoms with van der Waals surface area (Å²) in [5.74, 6) is 0.0850. The second-order valence-corrected chi connectivity index (χ2v) is 5.13. The lowest BCUT2D eigenvalue weighted by molar-refractivity contribution is -0.130. The minimum absolute atomic E-state index is 0.0115. The van der Waals surface area contributed by atoms with Crippen molar-refractivity contribution in [2.45, 2.75) is 51.2 Å². The van der Waals surface area contributed by atoms with Gasteiger partial charge in [0.2, 0.25) is 11.8 Å². The van der Waals surface area contributed by atoms with E-state index in [2.05, 4.69) is 5.32 Å². The Kier molecular flexibility index (Phi) is 4.58. The summed E-state index contributed by atoms with van der Waals surface area (Å²) < 4.78 is 5.44. The average molecular weight is 254 g/mol. The van der Waals surface area contributed by atoms with Gasteiger partial charge in [-0.05, 0) is 25.7 Å². The Morgan fingerprint density at radius 2 is 2.11 bits per heavy atom. The normalized spacial score (nSPS) is 22.8. The summed E-state index contributed by atoms with van der Waals surface area (Å²) in [6.07, 6.45) is 4.85. The minimum Gasteiger partial charge on any atom is -0.376 e. The Bertz CT molecular complexity index is 309. The topological polar surface area (TPSA) is 58.6 Å². The molecule has 0 aromatic carbocycles. The van der Waals surface area contributed by atoms with Crippen LogP contribution in [0.2, 0.25) is 0 Å². The second-order valence-electron chi connectivity index (χ2n) is 5.13. The van der Waals surface area contributed by atoms with Crippen LogP contribution in [0.4, 0.5) is 0 Å². The smallest absolute Gasteiger partial charge is 0.221 e. The first-order valence-electron chi connectivity index (χ1n) is 6.82. The zero-order valence-electron chi connectivity index (χ0n) is 11.0. The maximum Gasteiger partial charge on any atom is 0.221 e. The van der Waals surface area contributed by atoms with E-state index in [1.165, 1.54) is 0 Å². The number of ether oxygens (including phenoxy) is 1. The van der Waals surface area contributed by atoms with Crippen molar-refractivity contribution >= 4 is 11.8 Å². The maximum absolute atomic E-state index is 11.7. The largest absolute Gasteiger partial charge is 0.376 e. The van der Waals surface area contributed by atoms with Gasteiger partial charge in [0.05, 0.1) is 6.10 Å². The molecule has 0 radical (unpaired) electrons. The van der Waals surface area contributed by atoms with Gasteiger partial charge in [-0.3, -0.25) is 9.59 Å². The number of carbonyl (C=O) groups excluding carboxylic acids is 2. The summed E-state index contributed by atoms with van der Waals surface area (Å²) >= 11 is 0. The van der Waals surface area contributed by atoms with E-state index in [0.717, 1.165) is 32.3 Å². The van der Waals surface area contributed by atoms with Crippen LogP contribution in [0.3, 0.4) is 0 Å². The highest BCUT2D eigenvalue weighted by Crippen LogP contribution is 2.26. The van der Waals surface area contributed by atoms with Gasteiger partial charge in [0.15, 0.2) is 0 Å². The molecule has 1 aliphatic carbocycles. The number of rotatable bonds is 6. The van der Waals surface area contributed by atoms with Crippen LogP contribution in [-0.2, 0) is 14.3 Å². The van der Waals surface area contributed by atoms with E-state index < -0.39 is 0 Å². The molecular weight excluding hydrogens is 232 g/mol. The van der Waals surface area contributed by atoms with Crippen LogP contribution in [-0.4, -0.2) is 48.6 Å². The molecule has 0 aromatic rings. The maximum atomic E-state index is 11.7. The summed E-state index contributed by atoms with van der Waals surface area (Å²) in [5, 5.41) is 2.88. The average Bonchev–Trinajstić information content (AvgIpc) is 3.02. The molecule has 1 aliphatic heterocycles. The molecule has 1 saturated carbocycles. The minimum atomic E-state index is 0.0115. The molecule has 1 heterocycles. The quantitative estimate of drug-likeness (QED) is 0.758. The van der Waals surface area contributed by atoms with Crippen LogP contribution in [0.25, 0.3) is 0 Å². The number of amides is 2. The molecule has 0 bridgehead atoms. The first kappa shape index (κ1) is 13.3. The molecule has 102 valence electrons. The first-order valence-corrected chi connectivity index (χ1v) is 6.82. The molecular formula is C13H22N2O3. The molecule has 1 unspecified atom stereocenters. The summed E-state index contributed by atoms with van der Waals surface area (Å²) in [4.78, 5) is 24.9. The summed E-state index contributed by atoms with van der Waals surface area (Å²) in [5.41, 5.74) is 0. The van der Waals surface area contributed by atoms with E-state index in [1.807, 2.05) is 4.90 Å². The van der Waals surface area contributed by atoms with Gasteiger partial charge < -0.3 is 15.0 Å².